The molecule has 1 aromatic rings. The van der Waals surface area contributed by atoms with Gasteiger partial charge in [-0.15, -0.1) is 0 Å². The molecule has 17 heavy (non-hydrogen) atoms. The highest BCUT2D eigenvalue weighted by molar-refractivity contribution is 6.31. The summed E-state index contributed by atoms with van der Waals surface area (Å²) >= 11 is 6.11. The normalized spacial score (nSPS) is 13.8. The summed E-state index contributed by atoms with van der Waals surface area (Å²) in [5.74, 6) is 0. The van der Waals surface area contributed by atoms with Crippen LogP contribution in [0.15, 0.2) is 18.2 Å². The SMILES string of the molecule is Cc1ccc(C(N)CCCC(C)(C)C)cc1Cl. The fraction of sp³-hybridized carbons (Fsp3) is 0.600. The van der Waals surface area contributed by atoms with E-state index >= 15 is 0 Å². The summed E-state index contributed by atoms with van der Waals surface area (Å²) in [7, 11) is 0. The predicted octanol–water partition coefficient (Wildman–Crippen LogP) is 4.86. The first-order valence-electron chi connectivity index (χ1n) is 6.31. The Morgan fingerprint density at radius 2 is 1.94 bits per heavy atom. The molecule has 2 heteroatoms. The number of nitrogens with two attached hydrogens (primary N) is 1. The van der Waals surface area contributed by atoms with Gasteiger partial charge in [0, 0.05) is 11.1 Å². The summed E-state index contributed by atoms with van der Waals surface area (Å²) < 4.78 is 0. The maximum atomic E-state index is 6.18. The highest BCUT2D eigenvalue weighted by atomic mass is 35.5. The van der Waals surface area contributed by atoms with Crippen molar-refractivity contribution >= 4 is 11.6 Å². The van der Waals surface area contributed by atoms with Crippen LogP contribution in [0.3, 0.4) is 0 Å². The molecule has 2 N–H and O–H groups in total. The molecule has 1 unspecified atom stereocenters. The number of hydrogen-bond acceptors (Lipinski definition) is 1. The lowest BCUT2D eigenvalue weighted by Gasteiger charge is -2.19. The summed E-state index contributed by atoms with van der Waals surface area (Å²) in [4.78, 5) is 0. The first-order valence-corrected chi connectivity index (χ1v) is 6.69. The summed E-state index contributed by atoms with van der Waals surface area (Å²) in [5, 5.41) is 0.814. The van der Waals surface area contributed by atoms with Crippen molar-refractivity contribution in [3.8, 4) is 0 Å². The van der Waals surface area contributed by atoms with Crippen molar-refractivity contribution in [3.63, 3.8) is 0 Å². The van der Waals surface area contributed by atoms with Crippen LogP contribution < -0.4 is 5.73 Å². The third-order valence-corrected chi connectivity index (χ3v) is 3.47. The van der Waals surface area contributed by atoms with Gasteiger partial charge in [0.2, 0.25) is 0 Å². The van der Waals surface area contributed by atoms with Crippen LogP contribution in [-0.2, 0) is 0 Å². The molecule has 0 saturated carbocycles. The second-order valence-electron chi connectivity index (χ2n) is 6.07. The first-order chi connectivity index (χ1) is 7.79. The highest BCUT2D eigenvalue weighted by Gasteiger charge is 2.12. The van der Waals surface area contributed by atoms with Crippen molar-refractivity contribution < 1.29 is 0 Å². The average Bonchev–Trinajstić information content (AvgIpc) is 2.20. The fourth-order valence-corrected chi connectivity index (χ4v) is 2.05. The second-order valence-corrected chi connectivity index (χ2v) is 6.48. The first kappa shape index (κ1) is 14.5. The summed E-state index contributed by atoms with van der Waals surface area (Å²) in [5.41, 5.74) is 8.83. The molecule has 0 aliphatic carbocycles. The molecule has 0 fully saturated rings. The van der Waals surface area contributed by atoms with Gasteiger partial charge in [0.05, 0.1) is 0 Å². The van der Waals surface area contributed by atoms with E-state index in [2.05, 4.69) is 26.8 Å². The van der Waals surface area contributed by atoms with Gasteiger partial charge in [0.1, 0.15) is 0 Å². The minimum atomic E-state index is 0.107. The molecule has 0 aliphatic rings. The quantitative estimate of drug-likeness (QED) is 0.814. The van der Waals surface area contributed by atoms with Crippen molar-refractivity contribution in [2.45, 2.75) is 53.0 Å². The Labute approximate surface area is 110 Å². The van der Waals surface area contributed by atoms with E-state index in [1.54, 1.807) is 0 Å². The average molecular weight is 254 g/mol. The number of benzene rings is 1. The molecule has 0 amide bonds. The van der Waals surface area contributed by atoms with Gasteiger partial charge in [0.15, 0.2) is 0 Å². The van der Waals surface area contributed by atoms with Gasteiger partial charge < -0.3 is 5.73 Å². The van der Waals surface area contributed by atoms with Crippen LogP contribution in [0.1, 0.15) is 57.2 Å². The van der Waals surface area contributed by atoms with Crippen molar-refractivity contribution in [2.24, 2.45) is 11.1 Å². The Bertz CT molecular complexity index is 366. The molecule has 0 aromatic heterocycles. The van der Waals surface area contributed by atoms with Crippen LogP contribution in [0.2, 0.25) is 5.02 Å². The fourth-order valence-electron chi connectivity index (χ4n) is 1.86. The summed E-state index contributed by atoms with van der Waals surface area (Å²) in [6.07, 6.45) is 3.40. The number of halogens is 1. The molecule has 0 heterocycles. The third-order valence-electron chi connectivity index (χ3n) is 3.07. The molecule has 1 atom stereocenters. The third kappa shape index (κ3) is 5.10. The largest absolute Gasteiger partial charge is 0.324 e. The zero-order chi connectivity index (χ0) is 13.1. The molecule has 96 valence electrons. The summed E-state index contributed by atoms with van der Waals surface area (Å²) in [6, 6.07) is 6.23. The van der Waals surface area contributed by atoms with Gasteiger partial charge in [-0.25, -0.2) is 0 Å². The molecule has 0 saturated heterocycles. The number of aryl methyl sites for hydroxylation is 1. The second kappa shape index (κ2) is 5.88. The number of rotatable bonds is 4. The van der Waals surface area contributed by atoms with E-state index in [4.69, 9.17) is 17.3 Å². The Kier molecular flexibility index (Phi) is 5.03. The molecular weight excluding hydrogens is 230 g/mol. The molecular formula is C15H24ClN. The van der Waals surface area contributed by atoms with E-state index in [9.17, 15) is 0 Å². The van der Waals surface area contributed by atoms with E-state index in [0.717, 1.165) is 29.0 Å². The Balaban J connectivity index is 2.52. The highest BCUT2D eigenvalue weighted by Crippen LogP contribution is 2.26. The van der Waals surface area contributed by atoms with Gasteiger partial charge >= 0.3 is 0 Å². The van der Waals surface area contributed by atoms with Crippen molar-refractivity contribution in [2.75, 3.05) is 0 Å². The monoisotopic (exact) mass is 253 g/mol. The van der Waals surface area contributed by atoms with Gasteiger partial charge in [-0.1, -0.05) is 50.9 Å². The topological polar surface area (TPSA) is 26.0 Å². The molecule has 1 nitrogen and oxygen atoms in total. The molecule has 0 bridgehead atoms. The van der Waals surface area contributed by atoms with Crippen LogP contribution in [0.25, 0.3) is 0 Å². The van der Waals surface area contributed by atoms with Crippen LogP contribution in [0, 0.1) is 12.3 Å². The minimum Gasteiger partial charge on any atom is -0.324 e. The van der Waals surface area contributed by atoms with Crippen LogP contribution in [0.5, 0.6) is 0 Å². The van der Waals surface area contributed by atoms with E-state index in [1.807, 2.05) is 19.1 Å². The lowest BCUT2D eigenvalue weighted by molar-refractivity contribution is 0.353. The molecule has 0 aliphatic heterocycles. The molecule has 0 spiro atoms. The van der Waals surface area contributed by atoms with Crippen LogP contribution >= 0.6 is 11.6 Å². The van der Waals surface area contributed by atoms with Gasteiger partial charge in [-0.2, -0.15) is 0 Å². The van der Waals surface area contributed by atoms with Crippen molar-refractivity contribution in [1.29, 1.82) is 0 Å². The van der Waals surface area contributed by atoms with Gasteiger partial charge in [0.25, 0.3) is 0 Å². The van der Waals surface area contributed by atoms with Crippen molar-refractivity contribution in [3.05, 3.63) is 34.3 Å². The lowest BCUT2D eigenvalue weighted by Crippen LogP contribution is -2.12. The Hall–Kier alpha value is -0.530. The zero-order valence-electron chi connectivity index (χ0n) is 11.4. The standard InChI is InChI=1S/C15H24ClN/c1-11-7-8-12(10-13(11)16)14(17)6-5-9-15(2,3)4/h7-8,10,14H,5-6,9,17H2,1-4H3. The molecule has 0 radical (unpaired) electrons. The van der Waals surface area contributed by atoms with Gasteiger partial charge in [-0.3, -0.25) is 0 Å². The number of hydrogen-bond donors (Lipinski definition) is 1. The Morgan fingerprint density at radius 3 is 2.47 bits per heavy atom. The zero-order valence-corrected chi connectivity index (χ0v) is 12.1. The van der Waals surface area contributed by atoms with Gasteiger partial charge in [-0.05, 0) is 42.4 Å². The minimum absolute atomic E-state index is 0.107. The van der Waals surface area contributed by atoms with E-state index < -0.39 is 0 Å². The summed E-state index contributed by atoms with van der Waals surface area (Å²) in [6.45, 7) is 8.81. The van der Waals surface area contributed by atoms with E-state index in [1.165, 1.54) is 6.42 Å². The Morgan fingerprint density at radius 1 is 1.29 bits per heavy atom. The molecule has 1 aromatic carbocycles. The van der Waals surface area contributed by atoms with Crippen LogP contribution in [0.4, 0.5) is 0 Å². The smallest absolute Gasteiger partial charge is 0.0438 e. The maximum absolute atomic E-state index is 6.18. The lowest BCUT2D eigenvalue weighted by atomic mass is 9.88. The van der Waals surface area contributed by atoms with E-state index in [0.29, 0.717) is 5.41 Å². The maximum Gasteiger partial charge on any atom is 0.0438 e. The predicted molar refractivity (Wildman–Crippen MR) is 76.4 cm³/mol. The molecule has 1 rings (SSSR count). The van der Waals surface area contributed by atoms with Crippen LogP contribution in [-0.4, -0.2) is 0 Å². The van der Waals surface area contributed by atoms with Crippen molar-refractivity contribution in [1.82, 2.24) is 0 Å². The van der Waals surface area contributed by atoms with E-state index in [-0.39, 0.29) is 6.04 Å².